The SMILES string of the molecule is CC(C)(C)CC(=O)N(CC1CCCO1)C1CC(C(=O)N2CCCNCC2)N(C(=O)c2ccc(F)cc2)C1. The van der Waals surface area contributed by atoms with E-state index in [4.69, 9.17) is 4.74 Å². The third-order valence-corrected chi connectivity index (χ3v) is 7.43. The Bertz CT molecular complexity index is 950. The van der Waals surface area contributed by atoms with Crippen LogP contribution in [0.1, 0.15) is 63.2 Å². The lowest BCUT2D eigenvalue weighted by Gasteiger charge is -2.33. The number of hydrogen-bond acceptors (Lipinski definition) is 5. The highest BCUT2D eigenvalue weighted by Gasteiger charge is 2.45. The summed E-state index contributed by atoms with van der Waals surface area (Å²) < 4.78 is 19.4. The lowest BCUT2D eigenvalue weighted by molar-refractivity contribution is -0.138. The molecule has 37 heavy (non-hydrogen) atoms. The molecule has 3 amide bonds. The largest absolute Gasteiger partial charge is 0.376 e. The summed E-state index contributed by atoms with van der Waals surface area (Å²) >= 11 is 0. The Kier molecular flexibility index (Phi) is 8.85. The van der Waals surface area contributed by atoms with Gasteiger partial charge in [-0.2, -0.15) is 0 Å². The minimum Gasteiger partial charge on any atom is -0.376 e. The van der Waals surface area contributed by atoms with Crippen molar-refractivity contribution >= 4 is 17.7 Å². The number of carbonyl (C=O) groups excluding carboxylic acids is 3. The van der Waals surface area contributed by atoms with Gasteiger partial charge in [-0.05, 0) is 61.9 Å². The molecule has 1 aromatic carbocycles. The van der Waals surface area contributed by atoms with E-state index in [1.807, 2.05) is 30.6 Å². The highest BCUT2D eigenvalue weighted by molar-refractivity contribution is 5.98. The average Bonchev–Trinajstić information content (AvgIpc) is 3.44. The predicted molar refractivity (Wildman–Crippen MR) is 138 cm³/mol. The van der Waals surface area contributed by atoms with Gasteiger partial charge in [0.1, 0.15) is 11.9 Å². The molecule has 3 fully saturated rings. The van der Waals surface area contributed by atoms with Crippen molar-refractivity contribution < 1.29 is 23.5 Å². The van der Waals surface area contributed by atoms with Crippen molar-refractivity contribution in [1.82, 2.24) is 20.0 Å². The molecule has 0 aliphatic carbocycles. The van der Waals surface area contributed by atoms with Crippen LogP contribution in [0.25, 0.3) is 0 Å². The third-order valence-electron chi connectivity index (χ3n) is 7.43. The molecule has 204 valence electrons. The molecule has 0 aromatic heterocycles. The number of nitrogens with zero attached hydrogens (tertiary/aromatic N) is 3. The van der Waals surface area contributed by atoms with Crippen LogP contribution in [0.5, 0.6) is 0 Å². The first-order chi connectivity index (χ1) is 17.6. The zero-order valence-corrected chi connectivity index (χ0v) is 22.4. The lowest BCUT2D eigenvalue weighted by Crippen LogP contribution is -2.48. The standard InChI is InChI=1S/C28H41FN4O4/c1-28(2,3)17-25(34)32(19-23-6-4-15-37-23)22-16-24(27(36)31-13-5-11-30-12-14-31)33(18-22)26(35)20-7-9-21(29)10-8-20/h7-10,22-24,30H,4-6,11-19H2,1-3H3. The molecule has 0 bridgehead atoms. The summed E-state index contributed by atoms with van der Waals surface area (Å²) in [6.07, 6.45) is 3.44. The summed E-state index contributed by atoms with van der Waals surface area (Å²) in [5, 5.41) is 3.32. The van der Waals surface area contributed by atoms with E-state index in [1.54, 1.807) is 4.90 Å². The Hall–Kier alpha value is -2.52. The van der Waals surface area contributed by atoms with E-state index in [9.17, 15) is 18.8 Å². The van der Waals surface area contributed by atoms with Gasteiger partial charge in [0.15, 0.2) is 0 Å². The number of benzene rings is 1. The van der Waals surface area contributed by atoms with Crippen LogP contribution in [0.15, 0.2) is 24.3 Å². The molecule has 3 aliphatic heterocycles. The van der Waals surface area contributed by atoms with Crippen LogP contribution in [-0.4, -0.2) is 96.5 Å². The number of rotatable bonds is 6. The average molecular weight is 517 g/mol. The number of halogens is 1. The molecule has 3 heterocycles. The van der Waals surface area contributed by atoms with Crippen molar-refractivity contribution in [2.75, 3.05) is 45.9 Å². The zero-order chi connectivity index (χ0) is 26.6. The first kappa shape index (κ1) is 27.5. The van der Waals surface area contributed by atoms with E-state index in [-0.39, 0.29) is 41.8 Å². The normalized spacial score (nSPS) is 24.7. The van der Waals surface area contributed by atoms with Crippen LogP contribution < -0.4 is 5.32 Å². The van der Waals surface area contributed by atoms with Gasteiger partial charge in [0.2, 0.25) is 11.8 Å². The van der Waals surface area contributed by atoms with Crippen LogP contribution >= 0.6 is 0 Å². The van der Waals surface area contributed by atoms with Crippen molar-refractivity contribution in [3.8, 4) is 0 Å². The van der Waals surface area contributed by atoms with Crippen LogP contribution in [0.4, 0.5) is 4.39 Å². The minimum atomic E-state index is -0.671. The maximum atomic E-state index is 13.8. The Morgan fingerprint density at radius 1 is 1.11 bits per heavy atom. The molecule has 0 saturated carbocycles. The van der Waals surface area contributed by atoms with Crippen molar-refractivity contribution in [2.45, 2.75) is 71.1 Å². The number of hydrogen-bond donors (Lipinski definition) is 1. The molecule has 3 unspecified atom stereocenters. The predicted octanol–water partition coefficient (Wildman–Crippen LogP) is 2.67. The molecule has 8 nitrogen and oxygen atoms in total. The van der Waals surface area contributed by atoms with E-state index in [2.05, 4.69) is 5.32 Å². The summed E-state index contributed by atoms with van der Waals surface area (Å²) in [6.45, 7) is 10.3. The van der Waals surface area contributed by atoms with Crippen LogP contribution in [0.2, 0.25) is 0 Å². The molecule has 3 aliphatic rings. The molecule has 1 N–H and O–H groups in total. The molecule has 0 radical (unpaired) electrons. The highest BCUT2D eigenvalue weighted by Crippen LogP contribution is 2.30. The summed E-state index contributed by atoms with van der Waals surface area (Å²) in [4.78, 5) is 46.3. The fraction of sp³-hybridized carbons (Fsp3) is 0.679. The van der Waals surface area contributed by atoms with Gasteiger partial charge >= 0.3 is 0 Å². The maximum Gasteiger partial charge on any atom is 0.254 e. The summed E-state index contributed by atoms with van der Waals surface area (Å²) in [6, 6.07) is 4.47. The Morgan fingerprint density at radius 2 is 1.86 bits per heavy atom. The number of nitrogens with one attached hydrogen (secondary N) is 1. The van der Waals surface area contributed by atoms with Gasteiger partial charge in [0.05, 0.1) is 12.1 Å². The number of carbonyl (C=O) groups is 3. The molecule has 9 heteroatoms. The molecular weight excluding hydrogens is 475 g/mol. The van der Waals surface area contributed by atoms with Crippen molar-refractivity contribution in [3.05, 3.63) is 35.6 Å². The Balaban J connectivity index is 1.61. The van der Waals surface area contributed by atoms with Crippen molar-refractivity contribution in [3.63, 3.8) is 0 Å². The second kappa shape index (κ2) is 11.9. The van der Waals surface area contributed by atoms with E-state index < -0.39 is 11.9 Å². The van der Waals surface area contributed by atoms with Gasteiger partial charge < -0.3 is 24.8 Å². The summed E-state index contributed by atoms with van der Waals surface area (Å²) in [5.74, 6) is -0.790. The molecule has 0 spiro atoms. The quantitative estimate of drug-likeness (QED) is 0.629. The second-order valence-corrected chi connectivity index (χ2v) is 11.7. The van der Waals surface area contributed by atoms with E-state index in [1.165, 1.54) is 24.3 Å². The van der Waals surface area contributed by atoms with Crippen LogP contribution in [0, 0.1) is 11.2 Å². The third kappa shape index (κ3) is 7.08. The fourth-order valence-corrected chi connectivity index (χ4v) is 5.55. The summed E-state index contributed by atoms with van der Waals surface area (Å²) in [7, 11) is 0. The topological polar surface area (TPSA) is 82.2 Å². The molecule has 3 saturated heterocycles. The lowest BCUT2D eigenvalue weighted by atomic mass is 9.91. The highest BCUT2D eigenvalue weighted by atomic mass is 19.1. The summed E-state index contributed by atoms with van der Waals surface area (Å²) in [5.41, 5.74) is 0.145. The fourth-order valence-electron chi connectivity index (χ4n) is 5.55. The first-order valence-electron chi connectivity index (χ1n) is 13.6. The second-order valence-electron chi connectivity index (χ2n) is 11.7. The van der Waals surface area contributed by atoms with E-state index >= 15 is 0 Å². The smallest absolute Gasteiger partial charge is 0.254 e. The van der Waals surface area contributed by atoms with Crippen molar-refractivity contribution in [2.24, 2.45) is 5.41 Å². The van der Waals surface area contributed by atoms with Gasteiger partial charge in [0, 0.05) is 51.3 Å². The number of likely N-dealkylation sites (tertiary alicyclic amines) is 1. The van der Waals surface area contributed by atoms with Crippen LogP contribution in [-0.2, 0) is 14.3 Å². The molecular formula is C28H41FN4O4. The van der Waals surface area contributed by atoms with Gasteiger partial charge in [-0.3, -0.25) is 14.4 Å². The molecule has 4 rings (SSSR count). The van der Waals surface area contributed by atoms with Gasteiger partial charge in [-0.1, -0.05) is 20.8 Å². The minimum absolute atomic E-state index is 0.0225. The van der Waals surface area contributed by atoms with E-state index in [0.29, 0.717) is 51.2 Å². The number of amides is 3. The number of ether oxygens (including phenoxy) is 1. The van der Waals surface area contributed by atoms with Gasteiger partial charge in [-0.15, -0.1) is 0 Å². The monoisotopic (exact) mass is 516 g/mol. The Labute approximate surface area is 219 Å². The van der Waals surface area contributed by atoms with Crippen molar-refractivity contribution in [1.29, 1.82) is 0 Å². The van der Waals surface area contributed by atoms with Crippen LogP contribution in [0.3, 0.4) is 0 Å². The van der Waals surface area contributed by atoms with E-state index in [0.717, 1.165) is 25.8 Å². The van der Waals surface area contributed by atoms with Gasteiger partial charge in [0.25, 0.3) is 5.91 Å². The zero-order valence-electron chi connectivity index (χ0n) is 22.4. The molecule has 1 aromatic rings. The first-order valence-corrected chi connectivity index (χ1v) is 13.6. The Morgan fingerprint density at radius 3 is 2.54 bits per heavy atom. The van der Waals surface area contributed by atoms with Gasteiger partial charge in [-0.25, -0.2) is 4.39 Å². The maximum absolute atomic E-state index is 13.8. The molecule has 3 atom stereocenters.